The summed E-state index contributed by atoms with van der Waals surface area (Å²) in [6.07, 6.45) is 2.53. The highest BCUT2D eigenvalue weighted by atomic mass is 19.1. The Balaban J connectivity index is 1.31. The number of hydrogen-bond acceptors (Lipinski definition) is 4. The van der Waals surface area contributed by atoms with Gasteiger partial charge in [0.1, 0.15) is 24.7 Å². The summed E-state index contributed by atoms with van der Waals surface area (Å²) in [4.78, 5) is 30.4. The van der Waals surface area contributed by atoms with Crippen LogP contribution in [-0.4, -0.2) is 56.7 Å². The number of methoxy groups -OCH3 is 1. The summed E-state index contributed by atoms with van der Waals surface area (Å²) in [6.45, 7) is 2.35. The Hall–Kier alpha value is -2.93. The number of halogens is 1. The summed E-state index contributed by atoms with van der Waals surface area (Å²) in [7, 11) is 1.71. The largest absolute Gasteiger partial charge is 0.492 e. The summed E-state index contributed by atoms with van der Waals surface area (Å²) in [5, 5.41) is 0. The van der Waals surface area contributed by atoms with Crippen molar-refractivity contribution in [1.29, 1.82) is 0 Å². The first-order valence-electron chi connectivity index (χ1n) is 11.6. The number of anilines is 1. The number of fused-ring (bicyclic) bond motifs is 3. The normalized spacial score (nSPS) is 24.3. The molecule has 33 heavy (non-hydrogen) atoms. The van der Waals surface area contributed by atoms with Gasteiger partial charge in [0.2, 0.25) is 11.8 Å². The lowest BCUT2D eigenvalue weighted by molar-refractivity contribution is -0.134. The van der Waals surface area contributed by atoms with Crippen LogP contribution in [0.1, 0.15) is 30.7 Å². The highest BCUT2D eigenvalue weighted by Gasteiger charge is 2.66. The van der Waals surface area contributed by atoms with Gasteiger partial charge in [-0.25, -0.2) is 4.39 Å². The fraction of sp³-hybridized carbons (Fsp3) is 0.462. The van der Waals surface area contributed by atoms with Crippen LogP contribution in [0.3, 0.4) is 0 Å². The number of para-hydroxylation sites is 1. The lowest BCUT2D eigenvalue weighted by Crippen LogP contribution is -2.50. The van der Waals surface area contributed by atoms with Crippen LogP contribution in [-0.2, 0) is 14.3 Å². The van der Waals surface area contributed by atoms with E-state index in [1.807, 2.05) is 29.2 Å². The van der Waals surface area contributed by atoms with E-state index in [0.29, 0.717) is 31.2 Å². The van der Waals surface area contributed by atoms with Crippen molar-refractivity contribution in [2.45, 2.75) is 25.2 Å². The monoisotopic (exact) mass is 452 g/mol. The van der Waals surface area contributed by atoms with Gasteiger partial charge in [-0.3, -0.25) is 9.59 Å². The van der Waals surface area contributed by atoms with E-state index in [0.717, 1.165) is 30.7 Å². The van der Waals surface area contributed by atoms with Gasteiger partial charge in [0.15, 0.2) is 0 Å². The number of amides is 2. The smallest absolute Gasteiger partial charge is 0.242 e. The fourth-order valence-electron chi connectivity index (χ4n) is 5.30. The van der Waals surface area contributed by atoms with Crippen molar-refractivity contribution in [3.8, 4) is 5.75 Å². The molecule has 5 rings (SSSR count). The Morgan fingerprint density at radius 1 is 1.12 bits per heavy atom. The zero-order valence-electron chi connectivity index (χ0n) is 18.8. The fourth-order valence-corrected chi connectivity index (χ4v) is 5.30. The average molecular weight is 453 g/mol. The maximum Gasteiger partial charge on any atom is 0.242 e. The summed E-state index contributed by atoms with van der Waals surface area (Å²) in [5.41, 5.74) is 1.24. The molecule has 0 bridgehead atoms. The molecule has 0 N–H and O–H groups in total. The number of carbonyl (C=O) groups is 2. The molecule has 0 unspecified atom stereocenters. The molecule has 6 nitrogen and oxygen atoms in total. The number of benzene rings is 2. The number of nitrogens with zero attached hydrogens (tertiary/aromatic N) is 2. The van der Waals surface area contributed by atoms with Crippen molar-refractivity contribution in [3.05, 3.63) is 59.9 Å². The van der Waals surface area contributed by atoms with Crippen molar-refractivity contribution in [3.63, 3.8) is 0 Å². The summed E-state index contributed by atoms with van der Waals surface area (Å²) in [5.74, 6) is 0.681. The van der Waals surface area contributed by atoms with Crippen LogP contribution in [0, 0.1) is 17.2 Å². The Morgan fingerprint density at radius 3 is 2.58 bits per heavy atom. The van der Waals surface area contributed by atoms with Gasteiger partial charge < -0.3 is 19.3 Å². The molecule has 2 aromatic carbocycles. The van der Waals surface area contributed by atoms with Gasteiger partial charge in [-0.15, -0.1) is 0 Å². The molecule has 0 spiro atoms. The third-order valence-corrected chi connectivity index (χ3v) is 7.32. The summed E-state index contributed by atoms with van der Waals surface area (Å²) < 4.78 is 24.4. The van der Waals surface area contributed by atoms with Gasteiger partial charge >= 0.3 is 0 Å². The van der Waals surface area contributed by atoms with Gasteiger partial charge in [0.25, 0.3) is 0 Å². The van der Waals surface area contributed by atoms with Gasteiger partial charge in [-0.05, 0) is 61.1 Å². The van der Waals surface area contributed by atoms with E-state index in [9.17, 15) is 14.0 Å². The number of ether oxygens (including phenoxy) is 2. The molecule has 2 heterocycles. The lowest BCUT2D eigenvalue weighted by Gasteiger charge is -2.36. The van der Waals surface area contributed by atoms with E-state index in [4.69, 9.17) is 9.47 Å². The summed E-state index contributed by atoms with van der Waals surface area (Å²) in [6, 6.07) is 13.7. The number of piperidine rings is 1. The lowest BCUT2D eigenvalue weighted by atomic mass is 9.91. The average Bonchev–Trinajstić information content (AvgIpc) is 3.58. The maximum atomic E-state index is 13.7. The topological polar surface area (TPSA) is 59.1 Å². The van der Waals surface area contributed by atoms with E-state index in [-0.39, 0.29) is 36.7 Å². The number of likely N-dealkylation sites (tertiary alicyclic amines) is 1. The van der Waals surface area contributed by atoms with E-state index in [2.05, 4.69) is 0 Å². The maximum absolute atomic E-state index is 13.7. The third kappa shape index (κ3) is 4.10. The van der Waals surface area contributed by atoms with Gasteiger partial charge in [0.05, 0.1) is 5.41 Å². The predicted molar refractivity (Wildman–Crippen MR) is 122 cm³/mol. The minimum atomic E-state index is -0.672. The number of hydrogen-bond donors (Lipinski definition) is 0. The highest BCUT2D eigenvalue weighted by molar-refractivity contribution is 6.07. The van der Waals surface area contributed by atoms with Crippen LogP contribution in [0.15, 0.2) is 48.5 Å². The molecule has 0 aromatic heterocycles. The van der Waals surface area contributed by atoms with Crippen LogP contribution in [0.2, 0.25) is 0 Å². The molecule has 1 saturated heterocycles. The Bertz CT molecular complexity index is 1030. The second-order valence-corrected chi connectivity index (χ2v) is 9.39. The van der Waals surface area contributed by atoms with Crippen LogP contribution >= 0.6 is 0 Å². The zero-order chi connectivity index (χ0) is 23.0. The van der Waals surface area contributed by atoms with Gasteiger partial charge in [-0.1, -0.05) is 18.2 Å². The molecule has 1 saturated carbocycles. The minimum absolute atomic E-state index is 0.0253. The van der Waals surface area contributed by atoms with Gasteiger partial charge in [0, 0.05) is 38.4 Å². The Morgan fingerprint density at radius 2 is 1.85 bits per heavy atom. The van der Waals surface area contributed by atoms with Crippen LogP contribution in [0.5, 0.6) is 5.75 Å². The molecule has 0 radical (unpaired) electrons. The van der Waals surface area contributed by atoms with Crippen molar-refractivity contribution in [1.82, 2.24) is 4.90 Å². The molecule has 174 valence electrons. The van der Waals surface area contributed by atoms with Crippen LogP contribution in [0.25, 0.3) is 0 Å². The number of carbonyl (C=O) groups excluding carboxylic acids is 2. The van der Waals surface area contributed by atoms with Gasteiger partial charge in [-0.2, -0.15) is 0 Å². The third-order valence-electron chi connectivity index (χ3n) is 7.32. The predicted octanol–water partition coefficient (Wildman–Crippen LogP) is 3.61. The first kappa shape index (κ1) is 21.9. The quantitative estimate of drug-likeness (QED) is 0.644. The second-order valence-electron chi connectivity index (χ2n) is 9.39. The first-order valence-corrected chi connectivity index (χ1v) is 11.6. The molecule has 2 amide bonds. The standard InChI is InChI=1S/C26H29FN2O4/c1-32-16-18-10-12-28(13-11-18)24(30)15-29-23-5-3-2-4-21(23)22-14-26(22,25(29)31)17-33-20-8-6-19(27)7-9-20/h2-9,18,22H,10-17H2,1H3/t22-,26+/m0/s1. The zero-order valence-corrected chi connectivity index (χ0v) is 18.8. The second kappa shape index (κ2) is 8.78. The minimum Gasteiger partial charge on any atom is -0.492 e. The van der Waals surface area contributed by atoms with Crippen molar-refractivity contribution >= 4 is 17.5 Å². The van der Waals surface area contributed by atoms with Crippen molar-refractivity contribution in [2.75, 3.05) is 44.9 Å². The van der Waals surface area contributed by atoms with E-state index in [1.54, 1.807) is 24.1 Å². The van der Waals surface area contributed by atoms with E-state index < -0.39 is 5.41 Å². The molecule has 2 aliphatic heterocycles. The molecular formula is C26H29FN2O4. The van der Waals surface area contributed by atoms with Crippen molar-refractivity contribution < 1.29 is 23.5 Å². The Labute approximate surface area is 193 Å². The van der Waals surface area contributed by atoms with E-state index in [1.165, 1.54) is 12.1 Å². The van der Waals surface area contributed by atoms with E-state index >= 15 is 0 Å². The van der Waals surface area contributed by atoms with Crippen LogP contribution in [0.4, 0.5) is 10.1 Å². The van der Waals surface area contributed by atoms with Crippen molar-refractivity contribution in [2.24, 2.45) is 11.3 Å². The molecule has 1 aliphatic carbocycles. The summed E-state index contributed by atoms with van der Waals surface area (Å²) >= 11 is 0. The molecule has 2 aromatic rings. The Kier molecular flexibility index (Phi) is 5.83. The molecule has 7 heteroatoms. The SMILES string of the molecule is COCC1CCN(C(=O)CN2C(=O)[C@@]3(COc4ccc(F)cc4)C[C@H]3c3ccccc32)CC1. The molecular weight excluding hydrogens is 423 g/mol. The highest BCUT2D eigenvalue weighted by Crippen LogP contribution is 2.65. The molecule has 3 aliphatic rings. The molecule has 2 fully saturated rings. The van der Waals surface area contributed by atoms with Crippen LogP contribution < -0.4 is 9.64 Å². The molecule has 2 atom stereocenters. The first-order chi connectivity index (χ1) is 16.0. The number of rotatable bonds is 7.